The second-order valence-corrected chi connectivity index (χ2v) is 4.91. The number of carbonyl (C=O) groups excluding carboxylic acids is 2. The first kappa shape index (κ1) is 14.9. The summed E-state index contributed by atoms with van der Waals surface area (Å²) in [7, 11) is 1.28. The van der Waals surface area contributed by atoms with E-state index in [1.165, 1.54) is 7.11 Å². The molecular formula is C17H15NO5. The predicted octanol–water partition coefficient (Wildman–Crippen LogP) is 2.06. The number of methoxy groups -OCH3 is 1. The summed E-state index contributed by atoms with van der Waals surface area (Å²) in [6.45, 7) is 0.134. The molecule has 118 valence electrons. The van der Waals surface area contributed by atoms with E-state index in [2.05, 4.69) is 5.32 Å². The molecule has 3 rings (SSSR count). The molecule has 6 nitrogen and oxygen atoms in total. The summed E-state index contributed by atoms with van der Waals surface area (Å²) in [5.74, 6) is 0.161. The number of hydrogen-bond donors (Lipinski definition) is 1. The number of esters is 1. The third-order valence-corrected chi connectivity index (χ3v) is 3.48. The van der Waals surface area contributed by atoms with Crippen molar-refractivity contribution in [3.05, 3.63) is 59.7 Å². The van der Waals surface area contributed by atoms with Crippen molar-refractivity contribution >= 4 is 11.9 Å². The summed E-state index contributed by atoms with van der Waals surface area (Å²) in [6, 6.07) is 12.9. The van der Waals surface area contributed by atoms with Crippen LogP contribution in [0.5, 0.6) is 11.5 Å². The van der Waals surface area contributed by atoms with Gasteiger partial charge in [0.15, 0.2) is 17.5 Å². The summed E-state index contributed by atoms with van der Waals surface area (Å²) in [5.41, 5.74) is 1.02. The molecule has 2 aromatic rings. The summed E-state index contributed by atoms with van der Waals surface area (Å²) in [4.78, 5) is 24.4. The van der Waals surface area contributed by atoms with Gasteiger partial charge in [0.25, 0.3) is 5.91 Å². The largest absolute Gasteiger partial charge is 0.467 e. The van der Waals surface area contributed by atoms with E-state index in [4.69, 9.17) is 14.2 Å². The zero-order valence-corrected chi connectivity index (χ0v) is 12.4. The van der Waals surface area contributed by atoms with Crippen LogP contribution in [-0.4, -0.2) is 25.8 Å². The van der Waals surface area contributed by atoms with Crippen LogP contribution in [0.15, 0.2) is 48.5 Å². The number of fused-ring (bicyclic) bond motifs is 1. The molecule has 0 aliphatic carbocycles. The van der Waals surface area contributed by atoms with Crippen LogP contribution in [0, 0.1) is 0 Å². The van der Waals surface area contributed by atoms with E-state index in [9.17, 15) is 9.59 Å². The summed E-state index contributed by atoms with van der Waals surface area (Å²) in [6.07, 6.45) is 0. The third kappa shape index (κ3) is 3.11. The molecule has 6 heteroatoms. The molecule has 1 N–H and O–H groups in total. The first-order chi connectivity index (χ1) is 11.2. The highest BCUT2D eigenvalue weighted by Crippen LogP contribution is 2.32. The Hall–Kier alpha value is -3.02. The van der Waals surface area contributed by atoms with Crippen LogP contribution >= 0.6 is 0 Å². The highest BCUT2D eigenvalue weighted by molar-refractivity contribution is 5.97. The van der Waals surface area contributed by atoms with Crippen molar-refractivity contribution in [2.75, 3.05) is 13.9 Å². The molecule has 2 aromatic carbocycles. The number of carbonyl (C=O) groups is 2. The number of ether oxygens (including phenoxy) is 3. The minimum absolute atomic E-state index is 0.134. The third-order valence-electron chi connectivity index (χ3n) is 3.48. The van der Waals surface area contributed by atoms with E-state index in [1.54, 1.807) is 42.5 Å². The van der Waals surface area contributed by atoms with Gasteiger partial charge >= 0.3 is 5.97 Å². The second kappa shape index (κ2) is 6.39. The number of benzene rings is 2. The second-order valence-electron chi connectivity index (χ2n) is 4.91. The molecule has 0 saturated heterocycles. The Morgan fingerprint density at radius 1 is 1.09 bits per heavy atom. The monoisotopic (exact) mass is 313 g/mol. The molecule has 1 heterocycles. The topological polar surface area (TPSA) is 73.9 Å². The number of rotatable bonds is 4. The Kier molecular flexibility index (Phi) is 4.14. The molecule has 0 radical (unpaired) electrons. The van der Waals surface area contributed by atoms with Crippen molar-refractivity contribution in [3.63, 3.8) is 0 Å². The van der Waals surface area contributed by atoms with Crippen molar-refractivity contribution in [2.24, 2.45) is 0 Å². The van der Waals surface area contributed by atoms with Crippen molar-refractivity contribution in [2.45, 2.75) is 6.04 Å². The lowest BCUT2D eigenvalue weighted by Gasteiger charge is -2.17. The van der Waals surface area contributed by atoms with Crippen molar-refractivity contribution in [3.8, 4) is 11.5 Å². The van der Waals surface area contributed by atoms with Gasteiger partial charge in [0.05, 0.1) is 7.11 Å². The Labute approximate surface area is 133 Å². The summed E-state index contributed by atoms with van der Waals surface area (Å²) >= 11 is 0. The Morgan fingerprint density at radius 2 is 1.83 bits per heavy atom. The molecule has 0 bridgehead atoms. The van der Waals surface area contributed by atoms with Gasteiger partial charge in [0.1, 0.15) is 0 Å². The number of amides is 1. The van der Waals surface area contributed by atoms with Gasteiger partial charge in [-0.05, 0) is 23.8 Å². The van der Waals surface area contributed by atoms with Crippen molar-refractivity contribution < 1.29 is 23.8 Å². The molecule has 1 aliphatic rings. The maximum Gasteiger partial charge on any atom is 0.333 e. The Balaban J connectivity index is 1.82. The van der Waals surface area contributed by atoms with Crippen molar-refractivity contribution in [1.82, 2.24) is 5.32 Å². The minimum atomic E-state index is -0.876. The average Bonchev–Trinajstić information content (AvgIpc) is 3.07. The standard InChI is InChI=1S/C17H15NO5/c1-21-17(20)15(11-5-3-2-4-6-11)18-16(19)12-7-8-13-14(9-12)23-10-22-13/h2-9,15H,10H2,1H3,(H,18,19). The fourth-order valence-corrected chi connectivity index (χ4v) is 2.29. The smallest absolute Gasteiger partial charge is 0.333 e. The van der Waals surface area contributed by atoms with Gasteiger partial charge in [0, 0.05) is 5.56 Å². The lowest BCUT2D eigenvalue weighted by Crippen LogP contribution is -2.34. The van der Waals surface area contributed by atoms with Crippen LogP contribution in [0.3, 0.4) is 0 Å². The summed E-state index contributed by atoms with van der Waals surface area (Å²) in [5, 5.41) is 2.68. The van der Waals surface area contributed by atoms with Crippen LogP contribution in [0.4, 0.5) is 0 Å². The molecule has 23 heavy (non-hydrogen) atoms. The highest BCUT2D eigenvalue weighted by Gasteiger charge is 2.25. The quantitative estimate of drug-likeness (QED) is 0.875. The van der Waals surface area contributed by atoms with E-state index in [0.29, 0.717) is 22.6 Å². The maximum absolute atomic E-state index is 12.4. The molecule has 0 fully saturated rings. The molecule has 1 atom stereocenters. The van der Waals surface area contributed by atoms with E-state index < -0.39 is 17.9 Å². The van der Waals surface area contributed by atoms with Gasteiger partial charge in [-0.3, -0.25) is 4.79 Å². The SMILES string of the molecule is COC(=O)C(NC(=O)c1ccc2c(c1)OCO2)c1ccccc1. The maximum atomic E-state index is 12.4. The zero-order valence-electron chi connectivity index (χ0n) is 12.4. The fourth-order valence-electron chi connectivity index (χ4n) is 2.29. The zero-order chi connectivity index (χ0) is 16.2. The highest BCUT2D eigenvalue weighted by atomic mass is 16.7. The van der Waals surface area contributed by atoms with E-state index in [1.807, 2.05) is 6.07 Å². The average molecular weight is 313 g/mol. The van der Waals surface area contributed by atoms with E-state index in [-0.39, 0.29) is 6.79 Å². The molecule has 0 aromatic heterocycles. The number of hydrogen-bond acceptors (Lipinski definition) is 5. The molecule has 0 spiro atoms. The molecule has 1 amide bonds. The molecule has 1 aliphatic heterocycles. The lowest BCUT2D eigenvalue weighted by atomic mass is 10.1. The number of nitrogens with one attached hydrogen (secondary N) is 1. The van der Waals surface area contributed by atoms with Gasteiger partial charge in [-0.1, -0.05) is 30.3 Å². The minimum Gasteiger partial charge on any atom is -0.467 e. The lowest BCUT2D eigenvalue weighted by molar-refractivity contribution is -0.143. The van der Waals surface area contributed by atoms with Gasteiger partial charge in [0.2, 0.25) is 6.79 Å². The van der Waals surface area contributed by atoms with Crippen LogP contribution in [0.2, 0.25) is 0 Å². The summed E-state index contributed by atoms with van der Waals surface area (Å²) < 4.78 is 15.2. The molecular weight excluding hydrogens is 298 g/mol. The van der Waals surface area contributed by atoms with Crippen LogP contribution in [0.1, 0.15) is 22.0 Å². The van der Waals surface area contributed by atoms with Gasteiger partial charge in [-0.15, -0.1) is 0 Å². The van der Waals surface area contributed by atoms with Gasteiger partial charge in [-0.2, -0.15) is 0 Å². The normalized spacial score (nSPS) is 13.3. The van der Waals surface area contributed by atoms with Crippen LogP contribution in [-0.2, 0) is 9.53 Å². The van der Waals surface area contributed by atoms with E-state index in [0.717, 1.165) is 0 Å². The molecule has 1 unspecified atom stereocenters. The fraction of sp³-hybridized carbons (Fsp3) is 0.176. The van der Waals surface area contributed by atoms with Crippen LogP contribution in [0.25, 0.3) is 0 Å². The Bertz CT molecular complexity index is 729. The first-order valence-corrected chi connectivity index (χ1v) is 7.02. The van der Waals surface area contributed by atoms with Crippen molar-refractivity contribution in [1.29, 1.82) is 0 Å². The van der Waals surface area contributed by atoms with Crippen LogP contribution < -0.4 is 14.8 Å². The van der Waals surface area contributed by atoms with Gasteiger partial charge in [-0.25, -0.2) is 4.79 Å². The predicted molar refractivity (Wildman–Crippen MR) is 81.2 cm³/mol. The molecule has 0 saturated carbocycles. The Morgan fingerprint density at radius 3 is 2.57 bits per heavy atom. The first-order valence-electron chi connectivity index (χ1n) is 7.02. The van der Waals surface area contributed by atoms with Gasteiger partial charge < -0.3 is 19.5 Å². The van der Waals surface area contributed by atoms with E-state index >= 15 is 0 Å².